The summed E-state index contributed by atoms with van der Waals surface area (Å²) in [6.07, 6.45) is 5.42. The molecule has 150 valence electrons. The van der Waals surface area contributed by atoms with Crippen LogP contribution in [0, 0.1) is 6.92 Å². The quantitative estimate of drug-likeness (QED) is 0.576. The first-order valence-corrected chi connectivity index (χ1v) is 9.35. The predicted molar refractivity (Wildman–Crippen MR) is 106 cm³/mol. The lowest BCUT2D eigenvalue weighted by atomic mass is 10.2. The van der Waals surface area contributed by atoms with Crippen molar-refractivity contribution in [2.75, 3.05) is 11.9 Å². The van der Waals surface area contributed by atoms with Crippen LogP contribution in [-0.2, 0) is 9.59 Å². The average Bonchev–Trinajstić information content (AvgIpc) is 3.32. The maximum absolute atomic E-state index is 13.0. The van der Waals surface area contributed by atoms with Crippen molar-refractivity contribution in [2.45, 2.75) is 13.5 Å². The SMILES string of the molecule is Cc1nc(NC(=O)CNC(=O)C=Cc2ccccc2)sc1-c1nccn1C(F)F. The van der Waals surface area contributed by atoms with Crippen LogP contribution in [-0.4, -0.2) is 32.9 Å². The van der Waals surface area contributed by atoms with E-state index in [1.807, 2.05) is 30.3 Å². The number of thiazole rings is 1. The van der Waals surface area contributed by atoms with E-state index in [1.165, 1.54) is 18.5 Å². The summed E-state index contributed by atoms with van der Waals surface area (Å²) >= 11 is 1.03. The van der Waals surface area contributed by atoms with Gasteiger partial charge in [0.05, 0.1) is 17.1 Å². The van der Waals surface area contributed by atoms with Crippen molar-refractivity contribution in [3.8, 4) is 10.7 Å². The van der Waals surface area contributed by atoms with Gasteiger partial charge in [-0.05, 0) is 18.6 Å². The smallest absolute Gasteiger partial charge is 0.320 e. The third kappa shape index (κ3) is 5.32. The van der Waals surface area contributed by atoms with E-state index in [9.17, 15) is 18.4 Å². The summed E-state index contributed by atoms with van der Waals surface area (Å²) in [7, 11) is 0. The molecular formula is C19H17F2N5O2S. The zero-order valence-electron chi connectivity index (χ0n) is 15.3. The monoisotopic (exact) mass is 417 g/mol. The van der Waals surface area contributed by atoms with Crippen molar-refractivity contribution in [3.63, 3.8) is 0 Å². The van der Waals surface area contributed by atoms with Gasteiger partial charge in [0.15, 0.2) is 11.0 Å². The second kappa shape index (κ2) is 9.20. The van der Waals surface area contributed by atoms with Crippen LogP contribution in [0.5, 0.6) is 0 Å². The molecule has 3 aromatic rings. The number of carbonyl (C=O) groups is 2. The van der Waals surface area contributed by atoms with E-state index >= 15 is 0 Å². The zero-order valence-corrected chi connectivity index (χ0v) is 16.1. The van der Waals surface area contributed by atoms with Gasteiger partial charge in [0.25, 0.3) is 0 Å². The molecule has 10 heteroatoms. The Morgan fingerprint density at radius 1 is 1.28 bits per heavy atom. The molecule has 0 aliphatic heterocycles. The second-order valence-corrected chi connectivity index (χ2v) is 6.88. The topological polar surface area (TPSA) is 88.9 Å². The van der Waals surface area contributed by atoms with Gasteiger partial charge >= 0.3 is 6.55 Å². The molecule has 0 unspecified atom stereocenters. The van der Waals surface area contributed by atoms with Gasteiger partial charge in [-0.15, -0.1) is 0 Å². The molecule has 1 aromatic carbocycles. The van der Waals surface area contributed by atoms with Crippen LogP contribution in [0.2, 0.25) is 0 Å². The Kier molecular flexibility index (Phi) is 6.45. The Morgan fingerprint density at radius 2 is 2.03 bits per heavy atom. The minimum absolute atomic E-state index is 0.0786. The lowest BCUT2D eigenvalue weighted by Gasteiger charge is -2.04. The molecule has 0 atom stereocenters. The number of halogens is 2. The van der Waals surface area contributed by atoms with Crippen molar-refractivity contribution in [3.05, 3.63) is 60.1 Å². The maximum atomic E-state index is 13.0. The Hall–Kier alpha value is -3.40. The molecule has 29 heavy (non-hydrogen) atoms. The first-order valence-electron chi connectivity index (χ1n) is 8.53. The van der Waals surface area contributed by atoms with Crippen LogP contribution in [0.15, 0.2) is 48.8 Å². The van der Waals surface area contributed by atoms with E-state index < -0.39 is 18.4 Å². The molecule has 0 radical (unpaired) electrons. The molecule has 0 saturated carbocycles. The molecule has 2 N–H and O–H groups in total. The summed E-state index contributed by atoms with van der Waals surface area (Å²) in [5.74, 6) is -0.821. The highest BCUT2D eigenvalue weighted by atomic mass is 32.1. The number of hydrogen-bond acceptors (Lipinski definition) is 5. The predicted octanol–water partition coefficient (Wildman–Crippen LogP) is 3.48. The Labute approximate surface area is 169 Å². The number of carbonyl (C=O) groups excluding carboxylic acids is 2. The highest BCUT2D eigenvalue weighted by Gasteiger charge is 2.19. The third-order valence-corrected chi connectivity index (χ3v) is 4.84. The van der Waals surface area contributed by atoms with E-state index in [0.29, 0.717) is 10.6 Å². The van der Waals surface area contributed by atoms with Crippen molar-refractivity contribution < 1.29 is 18.4 Å². The molecular weight excluding hydrogens is 400 g/mol. The Morgan fingerprint density at radius 3 is 2.76 bits per heavy atom. The Balaban J connectivity index is 1.57. The van der Waals surface area contributed by atoms with Gasteiger partial charge in [-0.25, -0.2) is 9.97 Å². The molecule has 2 amide bonds. The summed E-state index contributed by atoms with van der Waals surface area (Å²) in [6, 6.07) is 9.26. The van der Waals surface area contributed by atoms with Gasteiger partial charge in [-0.3, -0.25) is 14.2 Å². The largest absolute Gasteiger partial charge is 0.343 e. The minimum Gasteiger partial charge on any atom is -0.343 e. The molecule has 0 spiro atoms. The number of hydrogen-bond donors (Lipinski definition) is 2. The summed E-state index contributed by atoms with van der Waals surface area (Å²) < 4.78 is 26.8. The second-order valence-electron chi connectivity index (χ2n) is 5.88. The van der Waals surface area contributed by atoms with Crippen molar-refractivity contribution in [1.29, 1.82) is 0 Å². The Bertz CT molecular complexity index is 1030. The molecule has 0 bridgehead atoms. The van der Waals surface area contributed by atoms with Crippen LogP contribution in [0.1, 0.15) is 17.8 Å². The number of rotatable bonds is 7. The number of benzene rings is 1. The average molecular weight is 417 g/mol. The molecule has 0 saturated heterocycles. The first kappa shape index (κ1) is 20.3. The lowest BCUT2D eigenvalue weighted by molar-refractivity contribution is -0.121. The van der Waals surface area contributed by atoms with Gasteiger partial charge < -0.3 is 10.6 Å². The third-order valence-electron chi connectivity index (χ3n) is 3.77. The van der Waals surface area contributed by atoms with Gasteiger partial charge in [0.2, 0.25) is 11.8 Å². The highest BCUT2D eigenvalue weighted by Crippen LogP contribution is 2.33. The van der Waals surface area contributed by atoms with Crippen LogP contribution in [0.25, 0.3) is 16.8 Å². The van der Waals surface area contributed by atoms with Crippen LogP contribution >= 0.6 is 11.3 Å². The number of nitrogens with zero attached hydrogens (tertiary/aromatic N) is 3. The summed E-state index contributed by atoms with van der Waals surface area (Å²) in [4.78, 5) is 32.4. The number of alkyl halides is 2. The summed E-state index contributed by atoms with van der Waals surface area (Å²) in [5, 5.41) is 5.25. The highest BCUT2D eigenvalue weighted by molar-refractivity contribution is 7.19. The van der Waals surface area contributed by atoms with E-state index in [-0.39, 0.29) is 17.5 Å². The number of aromatic nitrogens is 3. The van der Waals surface area contributed by atoms with E-state index in [1.54, 1.807) is 13.0 Å². The molecule has 0 fully saturated rings. The van der Waals surface area contributed by atoms with E-state index in [0.717, 1.165) is 21.5 Å². The maximum Gasteiger partial charge on any atom is 0.320 e. The summed E-state index contributed by atoms with van der Waals surface area (Å²) in [5.41, 5.74) is 1.33. The first-order chi connectivity index (χ1) is 13.9. The molecule has 7 nitrogen and oxygen atoms in total. The fourth-order valence-corrected chi connectivity index (χ4v) is 3.41. The van der Waals surface area contributed by atoms with Crippen molar-refractivity contribution in [2.24, 2.45) is 0 Å². The number of imidazole rings is 1. The van der Waals surface area contributed by atoms with Crippen LogP contribution in [0.3, 0.4) is 0 Å². The number of anilines is 1. The van der Waals surface area contributed by atoms with Gasteiger partial charge in [-0.2, -0.15) is 8.78 Å². The number of aryl methyl sites for hydroxylation is 1. The molecule has 2 aromatic heterocycles. The molecule has 3 rings (SSSR count). The fraction of sp³-hybridized carbons (Fsp3) is 0.158. The summed E-state index contributed by atoms with van der Waals surface area (Å²) in [6.45, 7) is -1.34. The van der Waals surface area contributed by atoms with Crippen LogP contribution < -0.4 is 10.6 Å². The molecule has 2 heterocycles. The van der Waals surface area contributed by atoms with Gasteiger partial charge in [0, 0.05) is 18.5 Å². The minimum atomic E-state index is -2.73. The van der Waals surface area contributed by atoms with Crippen molar-refractivity contribution in [1.82, 2.24) is 19.9 Å². The standard InChI is InChI=1S/C19H17F2N5O2S/c1-12-16(17-22-9-10-26(17)18(20)21)29-19(24-12)25-15(28)11-23-14(27)8-7-13-5-3-2-4-6-13/h2-10,18H,11H2,1H3,(H,23,27)(H,24,25,28). The zero-order chi connectivity index (χ0) is 20.8. The fourth-order valence-electron chi connectivity index (χ4n) is 2.43. The molecule has 0 aliphatic rings. The van der Waals surface area contributed by atoms with Crippen molar-refractivity contribution >= 4 is 34.4 Å². The number of nitrogens with one attached hydrogen (secondary N) is 2. The normalized spacial score (nSPS) is 11.2. The van der Waals surface area contributed by atoms with Crippen LogP contribution in [0.4, 0.5) is 13.9 Å². The lowest BCUT2D eigenvalue weighted by Crippen LogP contribution is -2.31. The number of amides is 2. The molecule has 0 aliphatic carbocycles. The van der Waals surface area contributed by atoms with Gasteiger partial charge in [-0.1, -0.05) is 41.7 Å². The van der Waals surface area contributed by atoms with Gasteiger partial charge in [0.1, 0.15) is 0 Å². The van der Waals surface area contributed by atoms with E-state index in [4.69, 9.17) is 0 Å². The van der Waals surface area contributed by atoms with E-state index in [2.05, 4.69) is 20.6 Å².